The molecule has 5 heteroatoms. The molecular formula is C26H32O5. The van der Waals surface area contributed by atoms with E-state index < -0.39 is 5.97 Å². The number of Topliss-reactive ketones (excluding diaryl/α,β-unsaturated/α-hetero) is 1. The maximum Gasteiger partial charge on any atom is 0.339 e. The number of ketones is 1. The van der Waals surface area contributed by atoms with E-state index >= 15 is 0 Å². The van der Waals surface area contributed by atoms with Crippen LogP contribution in [0.5, 0.6) is 11.5 Å². The molecule has 1 aliphatic rings. The van der Waals surface area contributed by atoms with Gasteiger partial charge in [0, 0.05) is 12.0 Å². The van der Waals surface area contributed by atoms with Crippen LogP contribution in [0, 0.1) is 19.8 Å². The maximum atomic E-state index is 12.7. The number of rotatable bonds is 11. The highest BCUT2D eigenvalue weighted by Gasteiger charge is 2.21. The van der Waals surface area contributed by atoms with Crippen molar-refractivity contribution in [2.24, 2.45) is 5.92 Å². The monoisotopic (exact) mass is 424 g/mol. The van der Waals surface area contributed by atoms with Crippen LogP contribution in [-0.2, 0) is 0 Å². The number of hydrogen-bond donors (Lipinski definition) is 1. The Morgan fingerprint density at radius 2 is 1.52 bits per heavy atom. The van der Waals surface area contributed by atoms with Crippen LogP contribution in [0.3, 0.4) is 0 Å². The van der Waals surface area contributed by atoms with Crippen LogP contribution in [0.15, 0.2) is 36.4 Å². The van der Waals surface area contributed by atoms with Crippen LogP contribution in [-0.4, -0.2) is 30.1 Å². The van der Waals surface area contributed by atoms with Crippen LogP contribution in [0.1, 0.15) is 76.8 Å². The van der Waals surface area contributed by atoms with Crippen molar-refractivity contribution >= 4 is 11.8 Å². The van der Waals surface area contributed by atoms with E-state index in [0.717, 1.165) is 35.3 Å². The van der Waals surface area contributed by atoms with E-state index in [4.69, 9.17) is 9.47 Å². The number of carboxylic acid groups (broad SMARTS) is 1. The summed E-state index contributed by atoms with van der Waals surface area (Å²) in [6.45, 7) is 4.97. The first-order valence-electron chi connectivity index (χ1n) is 11.2. The van der Waals surface area contributed by atoms with Gasteiger partial charge in [-0.05, 0) is 68.0 Å². The zero-order chi connectivity index (χ0) is 22.2. The fourth-order valence-electron chi connectivity index (χ4n) is 4.18. The predicted molar refractivity (Wildman–Crippen MR) is 120 cm³/mol. The zero-order valence-corrected chi connectivity index (χ0v) is 18.5. The largest absolute Gasteiger partial charge is 0.493 e. The van der Waals surface area contributed by atoms with E-state index in [1.54, 1.807) is 18.2 Å². The lowest BCUT2D eigenvalue weighted by Crippen LogP contribution is -2.09. The lowest BCUT2D eigenvalue weighted by atomic mass is 9.92. The molecule has 0 aliphatic heterocycles. The average molecular weight is 425 g/mol. The number of aromatic carboxylic acids is 1. The van der Waals surface area contributed by atoms with Gasteiger partial charge in [0.2, 0.25) is 0 Å². The van der Waals surface area contributed by atoms with Gasteiger partial charge in [0.05, 0.1) is 13.2 Å². The third-order valence-electron chi connectivity index (χ3n) is 6.16. The summed E-state index contributed by atoms with van der Waals surface area (Å²) in [6.07, 6.45) is 7.05. The molecule has 0 radical (unpaired) electrons. The van der Waals surface area contributed by atoms with E-state index in [1.807, 2.05) is 26.0 Å². The summed E-state index contributed by atoms with van der Waals surface area (Å²) in [5, 5.41) is 9.18. The first kappa shape index (κ1) is 22.9. The van der Waals surface area contributed by atoms with Crippen LogP contribution in [0.25, 0.3) is 0 Å². The quantitative estimate of drug-likeness (QED) is 0.354. The molecule has 0 aromatic heterocycles. The van der Waals surface area contributed by atoms with Gasteiger partial charge in [-0.1, -0.05) is 37.8 Å². The third kappa shape index (κ3) is 6.09. The van der Waals surface area contributed by atoms with Gasteiger partial charge >= 0.3 is 5.97 Å². The molecule has 31 heavy (non-hydrogen) atoms. The second-order valence-electron chi connectivity index (χ2n) is 8.34. The van der Waals surface area contributed by atoms with E-state index in [1.165, 1.54) is 31.7 Å². The molecule has 1 aliphatic carbocycles. The molecule has 0 bridgehead atoms. The number of para-hydroxylation sites is 1. The minimum atomic E-state index is -0.991. The summed E-state index contributed by atoms with van der Waals surface area (Å²) in [5.74, 6) is 1.01. The number of hydrogen-bond acceptors (Lipinski definition) is 4. The molecule has 5 nitrogen and oxygen atoms in total. The van der Waals surface area contributed by atoms with Gasteiger partial charge in [-0.15, -0.1) is 0 Å². The number of carboxylic acids is 1. The minimum Gasteiger partial charge on any atom is -0.493 e. The molecule has 1 fully saturated rings. The van der Waals surface area contributed by atoms with Gasteiger partial charge in [0.25, 0.3) is 0 Å². The highest BCUT2D eigenvalue weighted by Crippen LogP contribution is 2.31. The second kappa shape index (κ2) is 11.0. The van der Waals surface area contributed by atoms with E-state index in [-0.39, 0.29) is 11.3 Å². The molecular weight excluding hydrogens is 392 g/mol. The topological polar surface area (TPSA) is 72.8 Å². The first-order valence-corrected chi connectivity index (χ1v) is 11.2. The molecule has 2 aromatic rings. The van der Waals surface area contributed by atoms with Crippen molar-refractivity contribution in [3.05, 3.63) is 58.7 Å². The zero-order valence-electron chi connectivity index (χ0n) is 18.5. The molecule has 1 saturated carbocycles. The lowest BCUT2D eigenvalue weighted by Gasteiger charge is -2.15. The molecule has 3 rings (SSSR count). The van der Waals surface area contributed by atoms with E-state index in [9.17, 15) is 14.7 Å². The van der Waals surface area contributed by atoms with Gasteiger partial charge in [0.1, 0.15) is 17.1 Å². The van der Waals surface area contributed by atoms with Gasteiger partial charge in [-0.3, -0.25) is 4.79 Å². The SMILES string of the molecule is Cc1c(OCCCCOc2ccccc2C(=O)O)ccc(C(=O)CC2CCCC2)c1C. The van der Waals surface area contributed by atoms with Crippen molar-refractivity contribution in [1.29, 1.82) is 0 Å². The molecule has 0 spiro atoms. The minimum absolute atomic E-state index is 0.174. The van der Waals surface area contributed by atoms with Crippen molar-refractivity contribution in [2.45, 2.75) is 58.8 Å². The predicted octanol–water partition coefficient (Wildman–Crippen LogP) is 6.00. The summed E-state index contributed by atoms with van der Waals surface area (Å²) in [6, 6.07) is 10.5. The first-order chi connectivity index (χ1) is 15.0. The number of carbonyl (C=O) groups is 2. The molecule has 0 amide bonds. The number of unbranched alkanes of at least 4 members (excludes halogenated alkanes) is 1. The van der Waals surface area contributed by atoms with E-state index in [2.05, 4.69) is 0 Å². The highest BCUT2D eigenvalue weighted by molar-refractivity contribution is 5.98. The standard InChI is InChI=1S/C26H32O5/c1-18-19(2)24(14-13-21(18)23(27)17-20-9-3-4-10-20)30-15-7-8-16-31-25-12-6-5-11-22(25)26(28)29/h5-6,11-14,20H,3-4,7-10,15-17H2,1-2H3,(H,28,29). The van der Waals surface area contributed by atoms with Gasteiger partial charge in [-0.2, -0.15) is 0 Å². The Balaban J connectivity index is 1.45. The maximum absolute atomic E-state index is 12.7. The summed E-state index contributed by atoms with van der Waals surface area (Å²) in [7, 11) is 0. The van der Waals surface area contributed by atoms with Crippen LogP contribution >= 0.6 is 0 Å². The Morgan fingerprint density at radius 3 is 2.19 bits per heavy atom. The molecule has 0 atom stereocenters. The summed E-state index contributed by atoms with van der Waals surface area (Å²) >= 11 is 0. The fraction of sp³-hybridized carbons (Fsp3) is 0.462. The van der Waals surface area contributed by atoms with Crippen molar-refractivity contribution in [1.82, 2.24) is 0 Å². The molecule has 2 aromatic carbocycles. The summed E-state index contributed by atoms with van der Waals surface area (Å²) in [5.41, 5.74) is 3.02. The third-order valence-corrected chi connectivity index (χ3v) is 6.16. The van der Waals surface area contributed by atoms with Crippen molar-refractivity contribution < 1.29 is 24.2 Å². The van der Waals surface area contributed by atoms with E-state index in [0.29, 0.717) is 31.3 Å². The molecule has 166 valence electrons. The number of benzene rings is 2. The second-order valence-corrected chi connectivity index (χ2v) is 8.34. The Labute approximate surface area is 184 Å². The average Bonchev–Trinajstić information content (AvgIpc) is 3.26. The Hall–Kier alpha value is -2.82. The lowest BCUT2D eigenvalue weighted by molar-refractivity contribution is 0.0691. The van der Waals surface area contributed by atoms with Crippen molar-refractivity contribution in [3.63, 3.8) is 0 Å². The normalized spacial score (nSPS) is 13.9. The molecule has 0 heterocycles. The van der Waals surface area contributed by atoms with Gasteiger partial charge < -0.3 is 14.6 Å². The summed E-state index contributed by atoms with van der Waals surface area (Å²) in [4.78, 5) is 23.9. The van der Waals surface area contributed by atoms with Crippen molar-refractivity contribution in [2.75, 3.05) is 13.2 Å². The highest BCUT2D eigenvalue weighted by atomic mass is 16.5. The fourth-order valence-corrected chi connectivity index (χ4v) is 4.18. The number of ether oxygens (including phenoxy) is 2. The van der Waals surface area contributed by atoms with Crippen molar-refractivity contribution in [3.8, 4) is 11.5 Å². The molecule has 0 unspecified atom stereocenters. The Morgan fingerprint density at radius 1 is 0.871 bits per heavy atom. The van der Waals surface area contributed by atoms with Crippen LogP contribution in [0.4, 0.5) is 0 Å². The van der Waals surface area contributed by atoms with Gasteiger partial charge in [0.15, 0.2) is 5.78 Å². The smallest absolute Gasteiger partial charge is 0.339 e. The molecule has 0 saturated heterocycles. The van der Waals surface area contributed by atoms with Gasteiger partial charge in [-0.25, -0.2) is 4.79 Å². The Kier molecular flexibility index (Phi) is 8.10. The molecule has 1 N–H and O–H groups in total. The Bertz CT molecular complexity index is 912. The van der Waals surface area contributed by atoms with Crippen LogP contribution in [0.2, 0.25) is 0 Å². The summed E-state index contributed by atoms with van der Waals surface area (Å²) < 4.78 is 11.6. The number of carbonyl (C=O) groups excluding carboxylic acids is 1. The van der Waals surface area contributed by atoms with Crippen LogP contribution < -0.4 is 9.47 Å².